The van der Waals surface area contributed by atoms with E-state index in [1.807, 2.05) is 6.07 Å². The lowest BCUT2D eigenvalue weighted by Crippen LogP contribution is -2.11. The fourth-order valence-electron chi connectivity index (χ4n) is 2.65. The molecule has 0 aromatic heterocycles. The highest BCUT2D eigenvalue weighted by Gasteiger charge is 2.30. The zero-order valence-corrected chi connectivity index (χ0v) is 12.3. The van der Waals surface area contributed by atoms with Crippen LogP contribution in [0.25, 0.3) is 0 Å². The maximum atomic E-state index is 6.58. The van der Waals surface area contributed by atoms with Crippen molar-refractivity contribution in [3.8, 4) is 11.5 Å². The van der Waals surface area contributed by atoms with Gasteiger partial charge in [-0.15, -0.1) is 11.6 Å². The average Bonchev–Trinajstić information content (AvgIpc) is 2.45. The standard InChI is InChI=1S/C15H21ClO2/c1-15(2)6-5-11-12(13(16)9-15)7-10(17-3)8-14(11)18-4/h7-8,13H,5-6,9H2,1-4H3. The SMILES string of the molecule is COc1cc(OC)c2c(c1)C(Cl)CC(C)(C)CC2. The monoisotopic (exact) mass is 268 g/mol. The molecule has 1 atom stereocenters. The predicted molar refractivity (Wildman–Crippen MR) is 74.9 cm³/mol. The van der Waals surface area contributed by atoms with Gasteiger partial charge in [-0.3, -0.25) is 0 Å². The number of halogens is 1. The third-order valence-electron chi connectivity index (χ3n) is 3.79. The Morgan fingerprint density at radius 3 is 2.56 bits per heavy atom. The summed E-state index contributed by atoms with van der Waals surface area (Å²) >= 11 is 6.58. The van der Waals surface area contributed by atoms with Crippen molar-refractivity contribution in [2.24, 2.45) is 5.41 Å². The summed E-state index contributed by atoms with van der Waals surface area (Å²) in [6.45, 7) is 4.55. The number of ether oxygens (including phenoxy) is 2. The van der Waals surface area contributed by atoms with E-state index in [2.05, 4.69) is 19.9 Å². The van der Waals surface area contributed by atoms with Crippen LogP contribution >= 0.6 is 11.6 Å². The van der Waals surface area contributed by atoms with Crippen molar-refractivity contribution in [3.05, 3.63) is 23.3 Å². The highest BCUT2D eigenvalue weighted by atomic mass is 35.5. The molecular formula is C15H21ClO2. The molecule has 3 heteroatoms. The minimum Gasteiger partial charge on any atom is -0.497 e. The Bertz CT molecular complexity index is 440. The van der Waals surface area contributed by atoms with E-state index in [-0.39, 0.29) is 10.8 Å². The topological polar surface area (TPSA) is 18.5 Å². The quantitative estimate of drug-likeness (QED) is 0.587. The number of hydrogen-bond acceptors (Lipinski definition) is 2. The van der Waals surface area contributed by atoms with Crippen LogP contribution < -0.4 is 9.47 Å². The first-order valence-corrected chi connectivity index (χ1v) is 6.79. The normalized spacial score (nSPS) is 21.9. The largest absolute Gasteiger partial charge is 0.497 e. The summed E-state index contributed by atoms with van der Waals surface area (Å²) in [5, 5.41) is 0.0292. The second-order valence-corrected chi connectivity index (χ2v) is 6.26. The van der Waals surface area contributed by atoms with Crippen LogP contribution in [0.5, 0.6) is 11.5 Å². The Morgan fingerprint density at radius 1 is 1.22 bits per heavy atom. The molecule has 0 saturated carbocycles. The van der Waals surface area contributed by atoms with Gasteiger partial charge in [-0.1, -0.05) is 13.8 Å². The molecule has 1 aromatic rings. The molecule has 1 aromatic carbocycles. The highest BCUT2D eigenvalue weighted by Crippen LogP contribution is 2.46. The highest BCUT2D eigenvalue weighted by molar-refractivity contribution is 6.21. The third kappa shape index (κ3) is 2.59. The molecule has 1 aliphatic rings. The molecule has 0 heterocycles. The molecular weight excluding hydrogens is 248 g/mol. The summed E-state index contributed by atoms with van der Waals surface area (Å²) < 4.78 is 10.8. The Morgan fingerprint density at radius 2 is 1.94 bits per heavy atom. The zero-order valence-electron chi connectivity index (χ0n) is 11.5. The Hall–Kier alpha value is -0.890. The molecule has 0 bridgehead atoms. The lowest BCUT2D eigenvalue weighted by Gasteiger charge is -2.23. The van der Waals surface area contributed by atoms with E-state index in [0.29, 0.717) is 0 Å². The zero-order chi connectivity index (χ0) is 13.3. The molecule has 0 radical (unpaired) electrons. The van der Waals surface area contributed by atoms with Crippen LogP contribution in [0.4, 0.5) is 0 Å². The van der Waals surface area contributed by atoms with Crippen molar-refractivity contribution in [3.63, 3.8) is 0 Å². The molecule has 2 rings (SSSR count). The first-order valence-electron chi connectivity index (χ1n) is 6.36. The lowest BCUT2D eigenvalue weighted by atomic mass is 9.84. The molecule has 0 N–H and O–H groups in total. The van der Waals surface area contributed by atoms with Crippen molar-refractivity contribution in [1.82, 2.24) is 0 Å². The number of rotatable bonds is 2. The summed E-state index contributed by atoms with van der Waals surface area (Å²) in [7, 11) is 3.37. The van der Waals surface area contributed by atoms with E-state index in [0.717, 1.165) is 30.8 Å². The van der Waals surface area contributed by atoms with Crippen LogP contribution in [-0.4, -0.2) is 14.2 Å². The molecule has 0 fully saturated rings. The van der Waals surface area contributed by atoms with Gasteiger partial charge in [0.05, 0.1) is 19.6 Å². The molecule has 0 saturated heterocycles. The first-order chi connectivity index (χ1) is 8.46. The van der Waals surface area contributed by atoms with Crippen LogP contribution in [0.15, 0.2) is 12.1 Å². The summed E-state index contributed by atoms with van der Waals surface area (Å²) in [5.41, 5.74) is 2.67. The minimum atomic E-state index is 0.0292. The molecule has 0 aliphatic heterocycles. The second kappa shape index (κ2) is 5.00. The van der Waals surface area contributed by atoms with E-state index in [4.69, 9.17) is 21.1 Å². The minimum absolute atomic E-state index is 0.0292. The number of methoxy groups -OCH3 is 2. The maximum Gasteiger partial charge on any atom is 0.126 e. The number of fused-ring (bicyclic) bond motifs is 1. The second-order valence-electron chi connectivity index (χ2n) is 5.73. The smallest absolute Gasteiger partial charge is 0.126 e. The van der Waals surface area contributed by atoms with Gasteiger partial charge in [0.15, 0.2) is 0 Å². The Labute approximate surface area is 114 Å². The van der Waals surface area contributed by atoms with Gasteiger partial charge in [0.1, 0.15) is 11.5 Å². The lowest BCUT2D eigenvalue weighted by molar-refractivity contribution is 0.312. The van der Waals surface area contributed by atoms with Crippen LogP contribution in [0.3, 0.4) is 0 Å². The molecule has 1 aliphatic carbocycles. The predicted octanol–water partition coefficient (Wildman–Crippen LogP) is 4.35. The van der Waals surface area contributed by atoms with Gasteiger partial charge < -0.3 is 9.47 Å². The summed E-state index contributed by atoms with van der Waals surface area (Å²) in [5.74, 6) is 1.71. The van der Waals surface area contributed by atoms with Crippen LogP contribution in [0, 0.1) is 5.41 Å². The molecule has 18 heavy (non-hydrogen) atoms. The fourth-order valence-corrected chi connectivity index (χ4v) is 3.26. The fraction of sp³-hybridized carbons (Fsp3) is 0.600. The molecule has 2 nitrogen and oxygen atoms in total. The van der Waals surface area contributed by atoms with Gasteiger partial charge >= 0.3 is 0 Å². The van der Waals surface area contributed by atoms with Crippen LogP contribution in [-0.2, 0) is 6.42 Å². The van der Waals surface area contributed by atoms with Crippen molar-refractivity contribution in [2.45, 2.75) is 38.5 Å². The van der Waals surface area contributed by atoms with Crippen LogP contribution in [0.1, 0.15) is 43.2 Å². The summed E-state index contributed by atoms with van der Waals surface area (Å²) in [4.78, 5) is 0. The Balaban J connectivity index is 2.50. The molecule has 0 spiro atoms. The van der Waals surface area contributed by atoms with Crippen LogP contribution in [0.2, 0.25) is 0 Å². The van der Waals surface area contributed by atoms with Crippen molar-refractivity contribution in [2.75, 3.05) is 14.2 Å². The summed E-state index contributed by atoms with van der Waals surface area (Å²) in [6, 6.07) is 4.00. The van der Waals surface area contributed by atoms with Gasteiger partial charge in [-0.05, 0) is 41.9 Å². The van der Waals surface area contributed by atoms with E-state index in [1.54, 1.807) is 14.2 Å². The van der Waals surface area contributed by atoms with E-state index in [9.17, 15) is 0 Å². The van der Waals surface area contributed by atoms with Gasteiger partial charge in [0.2, 0.25) is 0 Å². The molecule has 100 valence electrons. The first kappa shape index (κ1) is 13.5. The molecule has 0 amide bonds. The van der Waals surface area contributed by atoms with Crippen molar-refractivity contribution < 1.29 is 9.47 Å². The number of alkyl halides is 1. The maximum absolute atomic E-state index is 6.58. The Kier molecular flexibility index (Phi) is 3.76. The van der Waals surface area contributed by atoms with Gasteiger partial charge in [-0.25, -0.2) is 0 Å². The van der Waals surface area contributed by atoms with Gasteiger partial charge in [0, 0.05) is 6.07 Å². The summed E-state index contributed by atoms with van der Waals surface area (Å²) in [6.07, 6.45) is 3.13. The van der Waals surface area contributed by atoms with Crippen molar-refractivity contribution in [1.29, 1.82) is 0 Å². The van der Waals surface area contributed by atoms with Gasteiger partial charge in [-0.2, -0.15) is 0 Å². The van der Waals surface area contributed by atoms with Gasteiger partial charge in [0.25, 0.3) is 0 Å². The molecule has 1 unspecified atom stereocenters. The van der Waals surface area contributed by atoms with E-state index in [1.165, 1.54) is 11.1 Å². The third-order valence-corrected chi connectivity index (χ3v) is 4.18. The number of benzene rings is 1. The number of hydrogen-bond donors (Lipinski definition) is 0. The van der Waals surface area contributed by atoms with Crippen molar-refractivity contribution >= 4 is 11.6 Å². The van der Waals surface area contributed by atoms with E-state index < -0.39 is 0 Å². The van der Waals surface area contributed by atoms with E-state index >= 15 is 0 Å². The average molecular weight is 269 g/mol.